The second kappa shape index (κ2) is 27.4. The van der Waals surface area contributed by atoms with Crippen molar-refractivity contribution in [3.63, 3.8) is 0 Å². The summed E-state index contributed by atoms with van der Waals surface area (Å²) in [6, 6.07) is 26.1. The molecule has 332 valence electrons. The summed E-state index contributed by atoms with van der Waals surface area (Å²) < 4.78 is 54.0. The molecule has 0 atom stereocenters. The van der Waals surface area contributed by atoms with Gasteiger partial charge >= 0.3 is 0 Å². The average Bonchev–Trinajstić information content (AvgIpc) is 3.16. The average molecular weight is 852 g/mol. The van der Waals surface area contributed by atoms with Gasteiger partial charge in [0.1, 0.15) is 23.2 Å². The van der Waals surface area contributed by atoms with Gasteiger partial charge in [-0.1, -0.05) is 131 Å². The molecule has 0 aliphatic carbocycles. The number of rotatable bonds is 8. The molecule has 0 spiro atoms. The van der Waals surface area contributed by atoms with E-state index in [-0.39, 0.29) is 19.2 Å². The van der Waals surface area contributed by atoms with Gasteiger partial charge in [0.15, 0.2) is 11.5 Å². The minimum Gasteiger partial charge on any atom is -0.496 e. The van der Waals surface area contributed by atoms with Gasteiger partial charge in [0.25, 0.3) is 0 Å². The Morgan fingerprint density at radius 2 is 0.800 bits per heavy atom. The molecule has 0 aromatic heterocycles. The van der Waals surface area contributed by atoms with Crippen molar-refractivity contribution < 1.29 is 27.4 Å². The highest BCUT2D eigenvalue weighted by molar-refractivity contribution is 6.31. The quantitative estimate of drug-likeness (QED) is 0.156. The van der Waals surface area contributed by atoms with Crippen LogP contribution in [0.4, 0.5) is 13.2 Å². The summed E-state index contributed by atoms with van der Waals surface area (Å²) in [7, 11) is 5.01. The lowest BCUT2D eigenvalue weighted by Gasteiger charge is -2.11. The summed E-state index contributed by atoms with van der Waals surface area (Å²) in [4.78, 5) is 0. The maximum atomic E-state index is 13.1. The van der Waals surface area contributed by atoms with Crippen LogP contribution in [0.25, 0.3) is 0 Å². The molecule has 5 aromatic rings. The van der Waals surface area contributed by atoms with Crippen molar-refractivity contribution in [1.82, 2.24) is 0 Å². The first-order chi connectivity index (χ1) is 27.6. The number of ether oxygens (including phenoxy) is 3. The van der Waals surface area contributed by atoms with Crippen LogP contribution in [0.3, 0.4) is 0 Å². The van der Waals surface area contributed by atoms with E-state index in [1.165, 1.54) is 39.9 Å². The predicted molar refractivity (Wildman–Crippen MR) is 253 cm³/mol. The smallest absolute Gasteiger partial charge is 0.160 e. The van der Waals surface area contributed by atoms with Gasteiger partial charge < -0.3 is 14.2 Å². The Hall–Kier alpha value is -4.42. The molecule has 0 N–H and O–H groups in total. The monoisotopic (exact) mass is 851 g/mol. The summed E-state index contributed by atoms with van der Waals surface area (Å²) in [6.45, 7) is 28.7. The molecule has 3 nitrogen and oxygen atoms in total. The highest BCUT2D eigenvalue weighted by Gasteiger charge is 2.11. The second-order valence-corrected chi connectivity index (χ2v) is 16.7. The van der Waals surface area contributed by atoms with E-state index in [9.17, 15) is 13.2 Å². The van der Waals surface area contributed by atoms with Gasteiger partial charge in [0.2, 0.25) is 0 Å². The molecule has 0 unspecified atom stereocenters. The number of methoxy groups -OCH3 is 3. The Bertz CT molecular complexity index is 1940. The molecule has 5 rings (SSSR count). The first-order valence-corrected chi connectivity index (χ1v) is 20.8. The molecular weight excluding hydrogens is 777 g/mol. The maximum absolute atomic E-state index is 13.1. The van der Waals surface area contributed by atoms with Crippen molar-refractivity contribution in [2.75, 3.05) is 21.3 Å². The first-order valence-electron chi connectivity index (χ1n) is 20.4. The molecule has 5 aromatic carbocycles. The molecule has 0 fully saturated rings. The minimum atomic E-state index is -0.505. The molecule has 0 heterocycles. The van der Waals surface area contributed by atoms with Crippen LogP contribution in [0.15, 0.2) is 84.9 Å². The molecular formula is C53H74ClF3O3. The molecule has 0 aliphatic heterocycles. The number of aryl methyl sites for hydroxylation is 4. The van der Waals surface area contributed by atoms with Crippen LogP contribution < -0.4 is 14.2 Å². The van der Waals surface area contributed by atoms with Gasteiger partial charge in [-0.25, -0.2) is 13.2 Å². The number of hydrogen-bond donors (Lipinski definition) is 0. The highest BCUT2D eigenvalue weighted by Crippen LogP contribution is 2.30. The third kappa shape index (κ3) is 18.5. The van der Waals surface area contributed by atoms with E-state index >= 15 is 0 Å². The van der Waals surface area contributed by atoms with E-state index in [1.54, 1.807) is 35.2 Å². The number of benzene rings is 5. The van der Waals surface area contributed by atoms with E-state index < -0.39 is 11.6 Å². The topological polar surface area (TPSA) is 27.7 Å². The van der Waals surface area contributed by atoms with Crippen LogP contribution in [0.5, 0.6) is 17.2 Å². The number of halogens is 4. The fourth-order valence-corrected chi connectivity index (χ4v) is 6.09. The Labute approximate surface area is 367 Å². The molecule has 0 radical (unpaired) electrons. The van der Waals surface area contributed by atoms with Crippen LogP contribution in [0, 0.1) is 45.1 Å². The Kier molecular flexibility index (Phi) is 25.4. The largest absolute Gasteiger partial charge is 0.496 e. The molecule has 7 heteroatoms. The van der Waals surface area contributed by atoms with Crippen LogP contribution in [-0.2, 0) is 0 Å². The lowest BCUT2D eigenvalue weighted by molar-refractivity contribution is 0.354. The molecule has 0 saturated heterocycles. The van der Waals surface area contributed by atoms with Crippen LogP contribution in [0.2, 0.25) is 5.02 Å². The zero-order valence-electron chi connectivity index (χ0n) is 38.7. The lowest BCUT2D eigenvalue weighted by Crippen LogP contribution is -1.97. The van der Waals surface area contributed by atoms with Crippen molar-refractivity contribution in [3.8, 4) is 17.2 Å². The van der Waals surface area contributed by atoms with Gasteiger partial charge in [-0.3, -0.25) is 0 Å². The van der Waals surface area contributed by atoms with E-state index in [1.807, 2.05) is 57.2 Å². The SMILES string of the molecule is C.COc1ccc(C(C)C)cc1C.COc1ccc(C(C)C)cc1OC.Cc1cc(C(C)C)ccc1Cl.Cc1cc(C(C)C)ccc1F.Cc1cc(F)cc(F)c1C(C)C. The Morgan fingerprint density at radius 1 is 0.400 bits per heavy atom. The minimum absolute atomic E-state index is 0. The van der Waals surface area contributed by atoms with E-state index in [2.05, 4.69) is 92.6 Å². The normalized spacial score (nSPS) is 10.4. The Balaban J connectivity index is 0.000000723. The summed E-state index contributed by atoms with van der Waals surface area (Å²) in [5, 5.41) is 0.856. The first kappa shape index (κ1) is 55.6. The summed E-state index contributed by atoms with van der Waals surface area (Å²) >= 11 is 5.89. The fourth-order valence-electron chi connectivity index (χ4n) is 5.97. The highest BCUT2D eigenvalue weighted by atomic mass is 35.5. The molecule has 0 saturated carbocycles. The number of hydrogen-bond acceptors (Lipinski definition) is 3. The van der Waals surface area contributed by atoms with Crippen molar-refractivity contribution in [3.05, 3.63) is 157 Å². The lowest BCUT2D eigenvalue weighted by atomic mass is 9.97. The molecule has 0 aliphatic rings. The van der Waals surface area contributed by atoms with Crippen LogP contribution in [0.1, 0.15) is 156 Å². The van der Waals surface area contributed by atoms with Gasteiger partial charge in [-0.2, -0.15) is 0 Å². The van der Waals surface area contributed by atoms with E-state index in [0.717, 1.165) is 39.5 Å². The van der Waals surface area contributed by atoms with E-state index in [0.29, 0.717) is 34.8 Å². The second-order valence-electron chi connectivity index (χ2n) is 16.3. The third-order valence-electron chi connectivity index (χ3n) is 9.74. The van der Waals surface area contributed by atoms with Crippen LogP contribution in [-0.4, -0.2) is 21.3 Å². The predicted octanol–water partition coefficient (Wildman–Crippen LogP) is 17.0. The summed E-state index contributed by atoms with van der Waals surface area (Å²) in [5.41, 5.74) is 9.58. The third-order valence-corrected chi connectivity index (χ3v) is 10.2. The zero-order valence-corrected chi connectivity index (χ0v) is 39.5. The summed E-state index contributed by atoms with van der Waals surface area (Å²) in [6.07, 6.45) is 0. The van der Waals surface area contributed by atoms with Crippen molar-refractivity contribution in [2.24, 2.45) is 0 Å². The van der Waals surface area contributed by atoms with Gasteiger partial charge in [-0.15, -0.1) is 0 Å². The summed E-state index contributed by atoms with van der Waals surface area (Å²) in [5.74, 6) is 3.77. The molecule has 60 heavy (non-hydrogen) atoms. The van der Waals surface area contributed by atoms with Gasteiger partial charge in [0, 0.05) is 11.1 Å². The van der Waals surface area contributed by atoms with Crippen molar-refractivity contribution >= 4 is 11.6 Å². The van der Waals surface area contributed by atoms with E-state index in [4.69, 9.17) is 25.8 Å². The maximum Gasteiger partial charge on any atom is 0.160 e. The van der Waals surface area contributed by atoms with Crippen molar-refractivity contribution in [2.45, 2.75) is 134 Å². The van der Waals surface area contributed by atoms with Crippen molar-refractivity contribution in [1.29, 1.82) is 0 Å². The standard InChI is InChI=1S/C11H16O2.C11H16O.C10H13Cl.C10H12F2.C10H13F.CH4/c1-8(2)9-5-6-10(12-3)11(7-9)13-4;1-8(2)10-5-6-11(12-4)9(3)7-10;1-7(2)9-4-5-10(11)8(3)6-9;1-6(2)10-7(3)4-8(11)5-9(10)12;1-7(2)9-4-5-10(11)8(3)6-9;/h5-8H,1-4H3;5-8H,1-4H3;4-7H,1-3H3;4-6H,1-3H3;4-7H,1-3H3;1H4. The van der Waals surface area contributed by atoms with Gasteiger partial charge in [-0.05, 0) is 144 Å². The zero-order chi connectivity index (χ0) is 45.1. The molecule has 0 amide bonds. The fraction of sp³-hybridized carbons (Fsp3) is 0.434. The molecule has 0 bridgehead atoms. The van der Waals surface area contributed by atoms with Gasteiger partial charge in [0.05, 0.1) is 21.3 Å². The van der Waals surface area contributed by atoms with Crippen LogP contribution >= 0.6 is 11.6 Å². The Morgan fingerprint density at radius 3 is 1.18 bits per heavy atom.